The molecule has 12 heteroatoms. The van der Waals surface area contributed by atoms with Gasteiger partial charge in [0, 0.05) is 75.1 Å². The number of methoxy groups -OCH3 is 1. The number of anilines is 4. The topological polar surface area (TPSA) is 138 Å². The summed E-state index contributed by atoms with van der Waals surface area (Å²) in [5.41, 5.74) is 3.02. The van der Waals surface area contributed by atoms with Crippen LogP contribution in [-0.4, -0.2) is 69.9 Å². The van der Waals surface area contributed by atoms with Crippen LogP contribution in [0.25, 0.3) is 0 Å². The molecule has 1 heterocycles. The van der Waals surface area contributed by atoms with Crippen LogP contribution in [0.2, 0.25) is 0 Å². The van der Waals surface area contributed by atoms with Crippen LogP contribution in [-0.2, 0) is 4.74 Å². The van der Waals surface area contributed by atoms with E-state index < -0.39 is 11.0 Å². The predicted octanol–water partition coefficient (Wildman–Crippen LogP) is 4.73. The van der Waals surface area contributed by atoms with Gasteiger partial charge in [0.2, 0.25) is 0 Å². The molecule has 1 saturated heterocycles. The number of para-hydroxylation sites is 2. The minimum atomic E-state index is -0.537. The van der Waals surface area contributed by atoms with E-state index in [1.165, 1.54) is 24.3 Å². The fraction of sp³-hybridized carbons (Fsp3) is 0.333. The highest BCUT2D eigenvalue weighted by molar-refractivity contribution is 6.04. The van der Waals surface area contributed by atoms with Gasteiger partial charge in [0.1, 0.15) is 5.75 Å². The molecule has 1 fully saturated rings. The predicted molar refractivity (Wildman–Crippen MR) is 163 cm³/mol. The first-order valence-electron chi connectivity index (χ1n) is 13.8. The second kappa shape index (κ2) is 14.7. The van der Waals surface area contributed by atoms with Crippen molar-refractivity contribution < 1.29 is 24.0 Å². The molecule has 3 aromatic rings. The van der Waals surface area contributed by atoms with Gasteiger partial charge >= 0.3 is 6.03 Å². The molecule has 12 nitrogen and oxygen atoms in total. The van der Waals surface area contributed by atoms with Crippen LogP contribution >= 0.6 is 0 Å². The summed E-state index contributed by atoms with van der Waals surface area (Å²) in [5.74, 6) is 0.577. The number of hydrogen-bond donors (Lipinski definition) is 3. The summed E-state index contributed by atoms with van der Waals surface area (Å²) in [6.07, 6.45) is 0.683. The Morgan fingerprint density at radius 3 is 2.21 bits per heavy atom. The molecule has 1 aliphatic heterocycles. The maximum absolute atomic E-state index is 13.3. The molecule has 0 saturated carbocycles. The lowest BCUT2D eigenvalue weighted by Gasteiger charge is -2.38. The summed E-state index contributed by atoms with van der Waals surface area (Å²) >= 11 is 0. The van der Waals surface area contributed by atoms with Crippen LogP contribution in [0.3, 0.4) is 0 Å². The molecule has 3 N–H and O–H groups in total. The number of nitro groups is 1. The summed E-state index contributed by atoms with van der Waals surface area (Å²) in [6, 6.07) is 18.2. The lowest BCUT2D eigenvalue weighted by Crippen LogP contribution is -2.47. The van der Waals surface area contributed by atoms with E-state index in [4.69, 9.17) is 9.47 Å². The number of nitrogens with zero attached hydrogens (tertiary/aromatic N) is 3. The highest BCUT2D eigenvalue weighted by Crippen LogP contribution is 2.31. The fourth-order valence-corrected chi connectivity index (χ4v) is 4.73. The van der Waals surface area contributed by atoms with Crippen LogP contribution < -0.4 is 30.5 Å². The lowest BCUT2D eigenvalue weighted by molar-refractivity contribution is -0.384. The molecule has 0 bridgehead atoms. The number of nitro benzene ring substituents is 1. The quantitative estimate of drug-likeness (QED) is 0.160. The van der Waals surface area contributed by atoms with E-state index in [9.17, 15) is 19.7 Å². The summed E-state index contributed by atoms with van der Waals surface area (Å²) in [4.78, 5) is 40.8. The number of urea groups is 1. The van der Waals surface area contributed by atoms with Gasteiger partial charge in [0.05, 0.1) is 23.3 Å². The Morgan fingerprint density at radius 1 is 0.905 bits per heavy atom. The second-order valence-corrected chi connectivity index (χ2v) is 9.57. The van der Waals surface area contributed by atoms with E-state index in [0.717, 1.165) is 30.2 Å². The first kappa shape index (κ1) is 30.1. The van der Waals surface area contributed by atoms with E-state index in [0.29, 0.717) is 56.2 Å². The zero-order valence-corrected chi connectivity index (χ0v) is 23.8. The van der Waals surface area contributed by atoms with E-state index in [-0.39, 0.29) is 11.6 Å². The van der Waals surface area contributed by atoms with Crippen molar-refractivity contribution in [1.82, 2.24) is 5.32 Å². The summed E-state index contributed by atoms with van der Waals surface area (Å²) in [5, 5.41) is 19.3. The third-order valence-electron chi connectivity index (χ3n) is 6.84. The van der Waals surface area contributed by atoms with Crippen LogP contribution in [0.1, 0.15) is 23.7 Å². The third-order valence-corrected chi connectivity index (χ3v) is 6.84. The number of nitrogens with one attached hydrogen (secondary N) is 3. The van der Waals surface area contributed by atoms with Gasteiger partial charge in [0.15, 0.2) is 0 Å². The van der Waals surface area contributed by atoms with Gasteiger partial charge in [-0.3, -0.25) is 14.9 Å². The van der Waals surface area contributed by atoms with Gasteiger partial charge in [0.25, 0.3) is 11.6 Å². The van der Waals surface area contributed by atoms with Crippen molar-refractivity contribution in [2.45, 2.75) is 13.3 Å². The first-order chi connectivity index (χ1) is 20.4. The molecule has 0 aromatic heterocycles. The highest BCUT2D eigenvalue weighted by atomic mass is 16.6. The van der Waals surface area contributed by atoms with Gasteiger partial charge in [-0.05, 0) is 55.8 Å². The van der Waals surface area contributed by atoms with Crippen LogP contribution in [0.4, 0.5) is 33.2 Å². The largest absolute Gasteiger partial charge is 0.495 e. The molecule has 42 heavy (non-hydrogen) atoms. The van der Waals surface area contributed by atoms with Gasteiger partial charge in [-0.15, -0.1) is 0 Å². The number of carbonyl (C=O) groups is 2. The number of non-ortho nitro benzene ring substituents is 1. The Kier molecular flexibility index (Phi) is 10.5. The molecule has 3 aromatic carbocycles. The van der Waals surface area contributed by atoms with Gasteiger partial charge in [-0.25, -0.2) is 4.79 Å². The molecule has 0 unspecified atom stereocenters. The normalized spacial score (nSPS) is 12.9. The second-order valence-electron chi connectivity index (χ2n) is 9.57. The van der Waals surface area contributed by atoms with Crippen molar-refractivity contribution >= 4 is 40.4 Å². The first-order valence-corrected chi connectivity index (χ1v) is 13.8. The Balaban J connectivity index is 1.47. The van der Waals surface area contributed by atoms with Crippen molar-refractivity contribution in [2.24, 2.45) is 0 Å². The molecule has 4 rings (SSSR count). The van der Waals surface area contributed by atoms with Gasteiger partial charge in [-0.1, -0.05) is 12.1 Å². The van der Waals surface area contributed by atoms with Crippen molar-refractivity contribution in [3.8, 4) is 5.75 Å². The standard InChI is InChI=1S/C30H36N6O6/c1-3-42-20-6-15-31-29(37)25-21-23(33-30(38)32-22-9-12-24(13-10-22)36(39)40)11-14-26(25)34-16-18-35(19-17-34)27-7-4-5-8-28(27)41-2/h4-5,7-14,21H,3,6,15-20H2,1-2H3,(H,31,37)(H2,32,33,38). The van der Waals surface area contributed by atoms with Crippen molar-refractivity contribution in [3.63, 3.8) is 0 Å². The Hall–Kier alpha value is -4.84. The number of piperazine rings is 1. The maximum Gasteiger partial charge on any atom is 0.323 e. The molecule has 3 amide bonds. The van der Waals surface area contributed by atoms with Crippen molar-refractivity contribution in [3.05, 3.63) is 82.4 Å². The highest BCUT2D eigenvalue weighted by Gasteiger charge is 2.24. The van der Waals surface area contributed by atoms with Crippen LogP contribution in [0, 0.1) is 10.1 Å². The Labute approximate surface area is 244 Å². The maximum atomic E-state index is 13.3. The number of carbonyl (C=O) groups excluding carboxylic acids is 2. The number of rotatable bonds is 12. The van der Waals surface area contributed by atoms with Crippen molar-refractivity contribution in [2.75, 3.05) is 73.5 Å². The summed E-state index contributed by atoms with van der Waals surface area (Å²) in [7, 11) is 1.66. The molecule has 0 radical (unpaired) electrons. The van der Waals surface area contributed by atoms with Gasteiger partial charge < -0.3 is 35.2 Å². The van der Waals surface area contributed by atoms with E-state index in [1.807, 2.05) is 37.3 Å². The molecule has 0 aliphatic carbocycles. The average molecular weight is 577 g/mol. The summed E-state index contributed by atoms with van der Waals surface area (Å²) in [6.45, 7) is 6.42. The molecule has 1 aliphatic rings. The monoisotopic (exact) mass is 576 g/mol. The van der Waals surface area contributed by atoms with Crippen molar-refractivity contribution in [1.29, 1.82) is 0 Å². The Bertz CT molecular complexity index is 1370. The van der Waals surface area contributed by atoms with Crippen LogP contribution in [0.5, 0.6) is 5.75 Å². The third kappa shape index (κ3) is 7.88. The number of benzene rings is 3. The fourth-order valence-electron chi connectivity index (χ4n) is 4.73. The lowest BCUT2D eigenvalue weighted by atomic mass is 10.1. The molecular formula is C30H36N6O6. The Morgan fingerprint density at radius 2 is 1.55 bits per heavy atom. The molecular weight excluding hydrogens is 540 g/mol. The molecule has 0 spiro atoms. The average Bonchev–Trinajstić information content (AvgIpc) is 3.01. The SMILES string of the molecule is CCOCCCNC(=O)c1cc(NC(=O)Nc2ccc([N+](=O)[O-])cc2)ccc1N1CCN(c2ccccc2OC)CC1. The molecule has 0 atom stereocenters. The zero-order valence-electron chi connectivity index (χ0n) is 23.8. The number of amides is 3. The van der Waals surface area contributed by atoms with E-state index in [2.05, 4.69) is 25.8 Å². The number of ether oxygens (including phenoxy) is 2. The number of hydrogen-bond acceptors (Lipinski definition) is 8. The molecule has 222 valence electrons. The minimum Gasteiger partial charge on any atom is -0.495 e. The minimum absolute atomic E-state index is 0.0720. The zero-order chi connectivity index (χ0) is 29.9. The van der Waals surface area contributed by atoms with Crippen LogP contribution in [0.15, 0.2) is 66.7 Å². The van der Waals surface area contributed by atoms with Gasteiger partial charge in [-0.2, -0.15) is 0 Å². The van der Waals surface area contributed by atoms with E-state index >= 15 is 0 Å². The van der Waals surface area contributed by atoms with E-state index in [1.54, 1.807) is 19.2 Å². The smallest absolute Gasteiger partial charge is 0.323 e. The summed E-state index contributed by atoms with van der Waals surface area (Å²) < 4.78 is 10.9.